The highest BCUT2D eigenvalue weighted by Gasteiger charge is 2.03. The minimum atomic E-state index is 0.0722. The minimum absolute atomic E-state index is 0.0722. The molecule has 0 radical (unpaired) electrons. The van der Waals surface area contributed by atoms with Crippen LogP contribution in [0.5, 0.6) is 0 Å². The molecule has 1 rings (SSSR count). The molecule has 0 spiro atoms. The van der Waals surface area contributed by atoms with Crippen LogP contribution in [0.15, 0.2) is 18.6 Å². The van der Waals surface area contributed by atoms with Crippen molar-refractivity contribution in [2.75, 3.05) is 0 Å². The van der Waals surface area contributed by atoms with E-state index in [1.807, 2.05) is 6.07 Å². The standard InChI is InChI=1S/C8H13N3/c1-2-3-7(9)8-4-5-10-6-11-8/h4-7H,2-3,9H2,1H3/t7-/m0/s1. The fourth-order valence-electron chi connectivity index (χ4n) is 0.979. The van der Waals surface area contributed by atoms with E-state index in [0.29, 0.717) is 0 Å². The monoisotopic (exact) mass is 151 g/mol. The molecule has 11 heavy (non-hydrogen) atoms. The Morgan fingerprint density at radius 1 is 1.64 bits per heavy atom. The van der Waals surface area contributed by atoms with Gasteiger partial charge in [0.25, 0.3) is 0 Å². The van der Waals surface area contributed by atoms with E-state index in [-0.39, 0.29) is 6.04 Å². The number of rotatable bonds is 3. The SMILES string of the molecule is CCC[C@H](N)c1ccncn1. The predicted molar refractivity (Wildman–Crippen MR) is 43.9 cm³/mol. The summed E-state index contributed by atoms with van der Waals surface area (Å²) in [7, 11) is 0. The molecule has 0 aliphatic rings. The van der Waals surface area contributed by atoms with Gasteiger partial charge in [0, 0.05) is 12.2 Å². The molecule has 0 unspecified atom stereocenters. The van der Waals surface area contributed by atoms with Gasteiger partial charge in [-0.25, -0.2) is 9.97 Å². The first-order valence-electron chi connectivity index (χ1n) is 3.86. The van der Waals surface area contributed by atoms with Crippen molar-refractivity contribution in [2.24, 2.45) is 5.73 Å². The zero-order valence-corrected chi connectivity index (χ0v) is 6.70. The maximum Gasteiger partial charge on any atom is 0.115 e. The smallest absolute Gasteiger partial charge is 0.115 e. The van der Waals surface area contributed by atoms with Gasteiger partial charge in [-0.1, -0.05) is 13.3 Å². The molecule has 0 aliphatic carbocycles. The molecular formula is C8H13N3. The normalized spacial score (nSPS) is 12.9. The van der Waals surface area contributed by atoms with Crippen molar-refractivity contribution in [1.29, 1.82) is 0 Å². The summed E-state index contributed by atoms with van der Waals surface area (Å²) in [6, 6.07) is 1.93. The number of hydrogen-bond donors (Lipinski definition) is 1. The van der Waals surface area contributed by atoms with Crippen LogP contribution in [0.1, 0.15) is 31.5 Å². The lowest BCUT2D eigenvalue weighted by Gasteiger charge is -2.07. The number of hydrogen-bond acceptors (Lipinski definition) is 3. The molecule has 0 amide bonds. The minimum Gasteiger partial charge on any atom is -0.323 e. The van der Waals surface area contributed by atoms with Crippen molar-refractivity contribution in [3.8, 4) is 0 Å². The van der Waals surface area contributed by atoms with E-state index in [2.05, 4.69) is 16.9 Å². The van der Waals surface area contributed by atoms with Crippen LogP contribution >= 0.6 is 0 Å². The second-order valence-corrected chi connectivity index (χ2v) is 2.53. The van der Waals surface area contributed by atoms with Crippen molar-refractivity contribution in [2.45, 2.75) is 25.8 Å². The zero-order valence-electron chi connectivity index (χ0n) is 6.70. The lowest BCUT2D eigenvalue weighted by Crippen LogP contribution is -2.11. The molecule has 3 heteroatoms. The molecule has 1 heterocycles. The quantitative estimate of drug-likeness (QED) is 0.707. The first kappa shape index (κ1) is 8.14. The zero-order chi connectivity index (χ0) is 8.10. The average molecular weight is 151 g/mol. The summed E-state index contributed by atoms with van der Waals surface area (Å²) in [5, 5.41) is 0. The summed E-state index contributed by atoms with van der Waals surface area (Å²) >= 11 is 0. The van der Waals surface area contributed by atoms with Gasteiger partial charge >= 0.3 is 0 Å². The molecule has 0 bridgehead atoms. The third kappa shape index (κ3) is 2.27. The fourth-order valence-corrected chi connectivity index (χ4v) is 0.979. The summed E-state index contributed by atoms with van der Waals surface area (Å²) in [4.78, 5) is 7.88. The van der Waals surface area contributed by atoms with Gasteiger partial charge in [0.15, 0.2) is 0 Å². The highest BCUT2D eigenvalue weighted by molar-refractivity contribution is 5.03. The Hall–Kier alpha value is -0.960. The molecule has 60 valence electrons. The van der Waals surface area contributed by atoms with E-state index in [0.717, 1.165) is 18.5 Å². The Morgan fingerprint density at radius 3 is 3.00 bits per heavy atom. The Labute approximate surface area is 66.7 Å². The predicted octanol–water partition coefficient (Wildman–Crippen LogP) is 1.28. The molecule has 1 aromatic heterocycles. The summed E-state index contributed by atoms with van der Waals surface area (Å²) in [5.74, 6) is 0. The van der Waals surface area contributed by atoms with Crippen LogP contribution < -0.4 is 5.73 Å². The third-order valence-corrected chi connectivity index (χ3v) is 1.58. The fraction of sp³-hybridized carbons (Fsp3) is 0.500. The molecule has 3 nitrogen and oxygen atoms in total. The van der Waals surface area contributed by atoms with Crippen molar-refractivity contribution in [1.82, 2.24) is 9.97 Å². The van der Waals surface area contributed by atoms with Crippen LogP contribution in [0.4, 0.5) is 0 Å². The summed E-state index contributed by atoms with van der Waals surface area (Å²) < 4.78 is 0. The maximum atomic E-state index is 5.82. The largest absolute Gasteiger partial charge is 0.323 e. The molecule has 1 aromatic rings. The third-order valence-electron chi connectivity index (χ3n) is 1.58. The molecule has 1 atom stereocenters. The van der Waals surface area contributed by atoms with Crippen molar-refractivity contribution in [3.05, 3.63) is 24.3 Å². The van der Waals surface area contributed by atoms with Gasteiger partial charge in [0.2, 0.25) is 0 Å². The second kappa shape index (κ2) is 4.03. The van der Waals surface area contributed by atoms with E-state index in [4.69, 9.17) is 5.73 Å². The summed E-state index contributed by atoms with van der Waals surface area (Å²) in [6.07, 6.45) is 5.32. The van der Waals surface area contributed by atoms with Gasteiger partial charge in [-0.15, -0.1) is 0 Å². The molecule has 0 saturated carbocycles. The van der Waals surface area contributed by atoms with E-state index >= 15 is 0 Å². The van der Waals surface area contributed by atoms with Gasteiger partial charge in [-0.2, -0.15) is 0 Å². The number of nitrogens with two attached hydrogens (primary N) is 1. The van der Waals surface area contributed by atoms with Gasteiger partial charge in [0.1, 0.15) is 6.33 Å². The molecule has 0 aromatic carbocycles. The van der Waals surface area contributed by atoms with Crippen LogP contribution in [0.3, 0.4) is 0 Å². The van der Waals surface area contributed by atoms with Crippen LogP contribution in [-0.2, 0) is 0 Å². The highest BCUT2D eigenvalue weighted by Crippen LogP contribution is 2.10. The molecule has 0 saturated heterocycles. The van der Waals surface area contributed by atoms with E-state index in [1.54, 1.807) is 6.20 Å². The van der Waals surface area contributed by atoms with Gasteiger partial charge in [0.05, 0.1) is 5.69 Å². The van der Waals surface area contributed by atoms with Crippen LogP contribution in [-0.4, -0.2) is 9.97 Å². The number of aromatic nitrogens is 2. The molecule has 0 aliphatic heterocycles. The summed E-state index contributed by atoms with van der Waals surface area (Å²) in [6.45, 7) is 2.11. The lowest BCUT2D eigenvalue weighted by atomic mass is 10.1. The van der Waals surface area contributed by atoms with Crippen molar-refractivity contribution >= 4 is 0 Å². The first-order valence-corrected chi connectivity index (χ1v) is 3.86. The van der Waals surface area contributed by atoms with Crippen LogP contribution in [0.2, 0.25) is 0 Å². The van der Waals surface area contributed by atoms with E-state index in [1.165, 1.54) is 6.33 Å². The Kier molecular flexibility index (Phi) is 2.98. The maximum absolute atomic E-state index is 5.82. The van der Waals surface area contributed by atoms with Gasteiger partial charge in [-0.3, -0.25) is 0 Å². The average Bonchev–Trinajstić information content (AvgIpc) is 2.07. The first-order chi connectivity index (χ1) is 5.34. The van der Waals surface area contributed by atoms with Crippen LogP contribution in [0.25, 0.3) is 0 Å². The van der Waals surface area contributed by atoms with Gasteiger partial charge in [-0.05, 0) is 12.5 Å². The second-order valence-electron chi connectivity index (χ2n) is 2.53. The van der Waals surface area contributed by atoms with Crippen molar-refractivity contribution < 1.29 is 0 Å². The van der Waals surface area contributed by atoms with Gasteiger partial charge < -0.3 is 5.73 Å². The topological polar surface area (TPSA) is 51.8 Å². The highest BCUT2D eigenvalue weighted by atomic mass is 14.8. The molecule has 0 fully saturated rings. The van der Waals surface area contributed by atoms with Crippen LogP contribution in [0, 0.1) is 0 Å². The lowest BCUT2D eigenvalue weighted by molar-refractivity contribution is 0.620. The summed E-state index contributed by atoms with van der Waals surface area (Å²) in [5.41, 5.74) is 6.75. The Morgan fingerprint density at radius 2 is 2.45 bits per heavy atom. The Bertz CT molecular complexity index is 198. The van der Waals surface area contributed by atoms with E-state index < -0.39 is 0 Å². The molecule has 2 N–H and O–H groups in total. The molecular weight excluding hydrogens is 138 g/mol. The van der Waals surface area contributed by atoms with E-state index in [9.17, 15) is 0 Å². The Balaban J connectivity index is 2.61. The van der Waals surface area contributed by atoms with Crippen molar-refractivity contribution in [3.63, 3.8) is 0 Å². The number of nitrogens with zero attached hydrogens (tertiary/aromatic N) is 2.